The summed E-state index contributed by atoms with van der Waals surface area (Å²) >= 11 is 0. The van der Waals surface area contributed by atoms with Crippen LogP contribution in [0.3, 0.4) is 0 Å². The second-order valence-electron chi connectivity index (χ2n) is 4.45. The van der Waals surface area contributed by atoms with Crippen LogP contribution < -0.4 is 14.8 Å². The zero-order valence-electron chi connectivity index (χ0n) is 12.4. The lowest BCUT2D eigenvalue weighted by Crippen LogP contribution is -2.25. The summed E-state index contributed by atoms with van der Waals surface area (Å²) in [7, 11) is 5.27. The minimum Gasteiger partial charge on any atom is -0.496 e. The zero-order chi connectivity index (χ0) is 14.5. The number of methoxy groups -OCH3 is 2. The quantitative estimate of drug-likeness (QED) is 0.877. The summed E-state index contributed by atoms with van der Waals surface area (Å²) in [5.74, 6) is 1.60. The van der Waals surface area contributed by atoms with Crippen LogP contribution in [0.15, 0.2) is 30.5 Å². The van der Waals surface area contributed by atoms with Gasteiger partial charge in [0.15, 0.2) is 0 Å². The molecule has 2 rings (SSSR count). The fourth-order valence-electron chi connectivity index (χ4n) is 2.39. The van der Waals surface area contributed by atoms with E-state index in [4.69, 9.17) is 9.47 Å². The van der Waals surface area contributed by atoms with E-state index in [1.165, 1.54) is 0 Å². The number of nitrogens with one attached hydrogen (secondary N) is 1. The van der Waals surface area contributed by atoms with Crippen LogP contribution in [0.1, 0.15) is 24.2 Å². The van der Waals surface area contributed by atoms with Gasteiger partial charge in [-0.3, -0.25) is 4.68 Å². The first-order chi connectivity index (χ1) is 9.72. The highest BCUT2D eigenvalue weighted by Crippen LogP contribution is 2.37. The summed E-state index contributed by atoms with van der Waals surface area (Å²) in [4.78, 5) is 0. The largest absolute Gasteiger partial charge is 0.496 e. The van der Waals surface area contributed by atoms with Crippen molar-refractivity contribution in [2.75, 3.05) is 20.8 Å². The van der Waals surface area contributed by atoms with Gasteiger partial charge < -0.3 is 14.8 Å². The van der Waals surface area contributed by atoms with Gasteiger partial charge in [0.25, 0.3) is 0 Å². The molecule has 1 heterocycles. The number of ether oxygens (including phenoxy) is 2. The normalized spacial score (nSPS) is 12.2. The highest BCUT2D eigenvalue weighted by Gasteiger charge is 2.24. The van der Waals surface area contributed by atoms with Crippen molar-refractivity contribution >= 4 is 0 Å². The van der Waals surface area contributed by atoms with Crippen molar-refractivity contribution in [3.8, 4) is 11.5 Å². The van der Waals surface area contributed by atoms with Crippen LogP contribution in [-0.4, -0.2) is 30.5 Å². The van der Waals surface area contributed by atoms with Gasteiger partial charge in [-0.25, -0.2) is 0 Å². The zero-order valence-corrected chi connectivity index (χ0v) is 12.4. The van der Waals surface area contributed by atoms with Crippen LogP contribution in [0.4, 0.5) is 0 Å². The number of hydrogen-bond donors (Lipinski definition) is 1. The van der Waals surface area contributed by atoms with E-state index in [0.717, 1.165) is 29.3 Å². The Kier molecular flexibility index (Phi) is 4.63. The van der Waals surface area contributed by atoms with Gasteiger partial charge in [0, 0.05) is 13.2 Å². The van der Waals surface area contributed by atoms with Gasteiger partial charge in [-0.15, -0.1) is 0 Å². The second kappa shape index (κ2) is 6.43. The summed E-state index contributed by atoms with van der Waals surface area (Å²) in [5, 5.41) is 7.72. The molecule has 0 radical (unpaired) electrons. The van der Waals surface area contributed by atoms with Gasteiger partial charge in [-0.1, -0.05) is 13.0 Å². The summed E-state index contributed by atoms with van der Waals surface area (Å²) in [6, 6.07) is 7.78. The molecule has 0 aliphatic rings. The van der Waals surface area contributed by atoms with Gasteiger partial charge in [0.2, 0.25) is 0 Å². The Bertz CT molecular complexity index is 544. The molecular formula is C15H21N3O2. The number of hydrogen-bond acceptors (Lipinski definition) is 4. The van der Waals surface area contributed by atoms with E-state index in [2.05, 4.69) is 17.3 Å². The lowest BCUT2D eigenvalue weighted by atomic mass is 10.0. The third-order valence-corrected chi connectivity index (χ3v) is 3.32. The lowest BCUT2D eigenvalue weighted by Gasteiger charge is -2.23. The van der Waals surface area contributed by atoms with Gasteiger partial charge in [0.05, 0.1) is 31.5 Å². The molecule has 20 heavy (non-hydrogen) atoms. The molecule has 0 amide bonds. The van der Waals surface area contributed by atoms with Crippen molar-refractivity contribution in [1.29, 1.82) is 0 Å². The molecule has 1 aromatic heterocycles. The smallest absolute Gasteiger partial charge is 0.127 e. The highest BCUT2D eigenvalue weighted by atomic mass is 16.5. The molecule has 5 nitrogen and oxygen atoms in total. The first-order valence-electron chi connectivity index (χ1n) is 6.65. The molecule has 108 valence electrons. The Labute approximate surface area is 119 Å². The Morgan fingerprint density at radius 1 is 1.20 bits per heavy atom. The second-order valence-corrected chi connectivity index (χ2v) is 4.45. The van der Waals surface area contributed by atoms with E-state index >= 15 is 0 Å². The van der Waals surface area contributed by atoms with E-state index in [1.54, 1.807) is 20.4 Å². The molecule has 1 N–H and O–H groups in total. The van der Waals surface area contributed by atoms with Gasteiger partial charge >= 0.3 is 0 Å². The van der Waals surface area contributed by atoms with Crippen LogP contribution in [-0.2, 0) is 7.05 Å². The molecule has 1 unspecified atom stereocenters. The summed E-state index contributed by atoms with van der Waals surface area (Å²) < 4.78 is 12.9. The maximum absolute atomic E-state index is 5.50. The molecule has 2 aromatic rings. The van der Waals surface area contributed by atoms with E-state index in [0.29, 0.717) is 0 Å². The minimum atomic E-state index is -0.0291. The van der Waals surface area contributed by atoms with E-state index in [9.17, 15) is 0 Å². The summed E-state index contributed by atoms with van der Waals surface area (Å²) in [6.45, 7) is 2.91. The third-order valence-electron chi connectivity index (χ3n) is 3.32. The standard InChI is InChI=1S/C15H21N3O2/c1-5-16-15(11-9-10-17-18(11)2)14-12(19-3)7-6-8-13(14)20-4/h6-10,15-16H,5H2,1-4H3. The van der Waals surface area contributed by atoms with Crippen molar-refractivity contribution in [3.05, 3.63) is 41.7 Å². The average Bonchev–Trinajstić information content (AvgIpc) is 2.90. The molecule has 0 bridgehead atoms. The first kappa shape index (κ1) is 14.4. The molecule has 0 saturated heterocycles. The average molecular weight is 275 g/mol. The molecule has 0 fully saturated rings. The fourth-order valence-corrected chi connectivity index (χ4v) is 2.39. The number of aromatic nitrogens is 2. The van der Waals surface area contributed by atoms with E-state index < -0.39 is 0 Å². The summed E-state index contributed by atoms with van der Waals surface area (Å²) in [6.07, 6.45) is 1.79. The molecule has 5 heteroatoms. The van der Waals surface area contributed by atoms with Gasteiger partial charge in [-0.05, 0) is 24.7 Å². The molecule has 0 saturated carbocycles. The van der Waals surface area contributed by atoms with E-state index in [-0.39, 0.29) is 6.04 Å². The molecule has 0 spiro atoms. The molecule has 0 aliphatic carbocycles. The Hall–Kier alpha value is -2.01. The SMILES string of the molecule is CCNC(c1c(OC)cccc1OC)c1ccnn1C. The van der Waals surface area contributed by atoms with Crippen molar-refractivity contribution in [1.82, 2.24) is 15.1 Å². The van der Waals surface area contributed by atoms with Crippen LogP contribution in [0.5, 0.6) is 11.5 Å². The minimum absolute atomic E-state index is 0.0291. The molecule has 1 aromatic carbocycles. The maximum atomic E-state index is 5.50. The van der Waals surface area contributed by atoms with Crippen LogP contribution in [0, 0.1) is 0 Å². The van der Waals surface area contributed by atoms with Gasteiger partial charge in [0.1, 0.15) is 11.5 Å². The van der Waals surface area contributed by atoms with Crippen LogP contribution >= 0.6 is 0 Å². The lowest BCUT2D eigenvalue weighted by molar-refractivity contribution is 0.375. The highest BCUT2D eigenvalue weighted by molar-refractivity contribution is 5.49. The third kappa shape index (κ3) is 2.63. The van der Waals surface area contributed by atoms with Crippen LogP contribution in [0.2, 0.25) is 0 Å². The first-order valence-corrected chi connectivity index (χ1v) is 6.65. The topological polar surface area (TPSA) is 48.3 Å². The number of benzene rings is 1. The Morgan fingerprint density at radius 2 is 1.85 bits per heavy atom. The number of nitrogens with zero attached hydrogens (tertiary/aromatic N) is 2. The van der Waals surface area contributed by atoms with Crippen molar-refractivity contribution in [2.24, 2.45) is 7.05 Å². The van der Waals surface area contributed by atoms with Gasteiger partial charge in [-0.2, -0.15) is 5.10 Å². The van der Waals surface area contributed by atoms with Crippen molar-refractivity contribution in [2.45, 2.75) is 13.0 Å². The predicted molar refractivity (Wildman–Crippen MR) is 78.3 cm³/mol. The van der Waals surface area contributed by atoms with E-state index in [1.807, 2.05) is 36.0 Å². The number of aryl methyl sites for hydroxylation is 1. The van der Waals surface area contributed by atoms with Crippen molar-refractivity contribution < 1.29 is 9.47 Å². The monoisotopic (exact) mass is 275 g/mol. The van der Waals surface area contributed by atoms with Crippen LogP contribution in [0.25, 0.3) is 0 Å². The molecule has 0 aliphatic heterocycles. The Balaban J connectivity index is 2.57. The number of rotatable bonds is 6. The Morgan fingerprint density at radius 3 is 2.30 bits per heavy atom. The molecular weight excluding hydrogens is 254 g/mol. The maximum Gasteiger partial charge on any atom is 0.127 e. The van der Waals surface area contributed by atoms with Crippen molar-refractivity contribution in [3.63, 3.8) is 0 Å². The summed E-state index contributed by atoms with van der Waals surface area (Å²) in [5.41, 5.74) is 2.05. The molecule has 1 atom stereocenters. The fraction of sp³-hybridized carbons (Fsp3) is 0.400. The predicted octanol–water partition coefficient (Wildman–Crippen LogP) is 2.14.